The zero-order chi connectivity index (χ0) is 23.2. The highest BCUT2D eigenvalue weighted by Gasteiger charge is 2.26. The van der Waals surface area contributed by atoms with E-state index in [1.54, 1.807) is 44.7 Å². The SMILES string of the molecule is CCN1CCN(C(=O)c2cnc(-c3ccc(OC)cc3)nc2Oc2ccc(OC)cc2)CC1. The van der Waals surface area contributed by atoms with Gasteiger partial charge in [-0.3, -0.25) is 4.79 Å². The Balaban J connectivity index is 1.65. The van der Waals surface area contributed by atoms with E-state index < -0.39 is 0 Å². The lowest BCUT2D eigenvalue weighted by Crippen LogP contribution is -2.48. The zero-order valence-electron chi connectivity index (χ0n) is 19.2. The number of benzene rings is 2. The van der Waals surface area contributed by atoms with Gasteiger partial charge in [0.15, 0.2) is 5.82 Å². The van der Waals surface area contributed by atoms with Gasteiger partial charge >= 0.3 is 0 Å². The lowest BCUT2D eigenvalue weighted by molar-refractivity contribution is 0.0639. The van der Waals surface area contributed by atoms with Crippen molar-refractivity contribution in [2.45, 2.75) is 6.92 Å². The summed E-state index contributed by atoms with van der Waals surface area (Å²) >= 11 is 0. The van der Waals surface area contributed by atoms with Crippen LogP contribution < -0.4 is 14.2 Å². The third kappa shape index (κ3) is 5.23. The van der Waals surface area contributed by atoms with Gasteiger partial charge in [-0.05, 0) is 55.1 Å². The number of hydrogen-bond acceptors (Lipinski definition) is 7. The summed E-state index contributed by atoms with van der Waals surface area (Å²) in [5.41, 5.74) is 1.14. The molecule has 1 fully saturated rings. The Hall–Kier alpha value is -3.65. The molecule has 8 nitrogen and oxygen atoms in total. The van der Waals surface area contributed by atoms with Crippen LogP contribution in [-0.4, -0.2) is 72.6 Å². The standard InChI is InChI=1S/C25H28N4O4/c1-4-28-13-15-29(16-14-28)25(30)22-17-26-23(18-5-7-19(31-2)8-6-18)27-24(22)33-21-11-9-20(32-3)10-12-21/h5-12,17H,4,13-16H2,1-3H3. The van der Waals surface area contributed by atoms with E-state index in [0.717, 1.165) is 30.9 Å². The molecule has 0 aliphatic carbocycles. The van der Waals surface area contributed by atoms with Gasteiger partial charge in [0.25, 0.3) is 5.91 Å². The molecule has 1 aliphatic heterocycles. The molecule has 0 atom stereocenters. The summed E-state index contributed by atoms with van der Waals surface area (Å²) in [6.07, 6.45) is 1.56. The number of hydrogen-bond donors (Lipinski definition) is 0. The third-order valence-electron chi connectivity index (χ3n) is 5.71. The molecule has 1 saturated heterocycles. The molecule has 3 aromatic rings. The van der Waals surface area contributed by atoms with Crippen molar-refractivity contribution >= 4 is 5.91 Å². The van der Waals surface area contributed by atoms with Crippen LogP contribution in [0.2, 0.25) is 0 Å². The summed E-state index contributed by atoms with van der Waals surface area (Å²) in [7, 11) is 3.23. The molecule has 1 amide bonds. The van der Waals surface area contributed by atoms with Gasteiger partial charge < -0.3 is 24.0 Å². The second-order valence-electron chi connectivity index (χ2n) is 7.64. The van der Waals surface area contributed by atoms with E-state index >= 15 is 0 Å². The first-order valence-corrected chi connectivity index (χ1v) is 11.0. The van der Waals surface area contributed by atoms with E-state index in [4.69, 9.17) is 14.2 Å². The largest absolute Gasteiger partial charge is 0.497 e. The summed E-state index contributed by atoms with van der Waals surface area (Å²) in [6.45, 7) is 6.13. The predicted molar refractivity (Wildman–Crippen MR) is 125 cm³/mol. The van der Waals surface area contributed by atoms with E-state index in [0.29, 0.717) is 36.0 Å². The van der Waals surface area contributed by atoms with Crippen LogP contribution >= 0.6 is 0 Å². The van der Waals surface area contributed by atoms with Crippen LogP contribution in [-0.2, 0) is 0 Å². The Labute approximate surface area is 193 Å². The summed E-state index contributed by atoms with van der Waals surface area (Å²) in [5.74, 6) is 2.58. The third-order valence-corrected chi connectivity index (χ3v) is 5.71. The molecular weight excluding hydrogens is 420 g/mol. The van der Waals surface area contributed by atoms with Crippen molar-refractivity contribution in [3.05, 3.63) is 60.3 Å². The second kappa shape index (κ2) is 10.3. The van der Waals surface area contributed by atoms with Crippen LogP contribution in [0.5, 0.6) is 23.1 Å². The Morgan fingerprint density at radius 1 is 0.879 bits per heavy atom. The highest BCUT2D eigenvalue weighted by molar-refractivity contribution is 5.96. The predicted octanol–water partition coefficient (Wildman–Crippen LogP) is 3.73. The van der Waals surface area contributed by atoms with Crippen LogP contribution in [0, 0.1) is 0 Å². The monoisotopic (exact) mass is 448 g/mol. The van der Waals surface area contributed by atoms with Gasteiger partial charge in [-0.2, -0.15) is 4.98 Å². The second-order valence-corrected chi connectivity index (χ2v) is 7.64. The molecular formula is C25H28N4O4. The van der Waals surface area contributed by atoms with E-state index in [1.807, 2.05) is 29.2 Å². The van der Waals surface area contributed by atoms with Gasteiger partial charge in [0, 0.05) is 37.9 Å². The molecule has 4 rings (SSSR count). The molecule has 0 N–H and O–H groups in total. The molecule has 0 saturated carbocycles. The normalized spacial score (nSPS) is 14.1. The van der Waals surface area contributed by atoms with Crippen molar-refractivity contribution < 1.29 is 19.0 Å². The minimum Gasteiger partial charge on any atom is -0.497 e. The smallest absolute Gasteiger partial charge is 0.261 e. The zero-order valence-corrected chi connectivity index (χ0v) is 19.2. The van der Waals surface area contributed by atoms with Crippen molar-refractivity contribution in [2.75, 3.05) is 46.9 Å². The minimum absolute atomic E-state index is 0.129. The first-order valence-electron chi connectivity index (χ1n) is 11.0. The van der Waals surface area contributed by atoms with Crippen LogP contribution in [0.15, 0.2) is 54.7 Å². The number of aromatic nitrogens is 2. The van der Waals surface area contributed by atoms with Gasteiger partial charge in [0.05, 0.1) is 14.2 Å². The fourth-order valence-electron chi connectivity index (χ4n) is 3.66. The van der Waals surface area contributed by atoms with Crippen molar-refractivity contribution in [3.8, 4) is 34.5 Å². The Morgan fingerprint density at radius 3 is 2.03 bits per heavy atom. The van der Waals surface area contributed by atoms with Crippen molar-refractivity contribution in [3.63, 3.8) is 0 Å². The molecule has 2 heterocycles. The molecule has 0 bridgehead atoms. The van der Waals surface area contributed by atoms with Gasteiger partial charge in [-0.1, -0.05) is 6.92 Å². The summed E-state index contributed by atoms with van der Waals surface area (Å²) in [5, 5.41) is 0. The maximum absolute atomic E-state index is 13.3. The fourth-order valence-corrected chi connectivity index (χ4v) is 3.66. The molecule has 2 aromatic carbocycles. The lowest BCUT2D eigenvalue weighted by atomic mass is 10.2. The van der Waals surface area contributed by atoms with Gasteiger partial charge in [0.2, 0.25) is 5.88 Å². The van der Waals surface area contributed by atoms with Gasteiger partial charge in [-0.15, -0.1) is 0 Å². The van der Waals surface area contributed by atoms with Crippen molar-refractivity contribution in [1.29, 1.82) is 0 Å². The van der Waals surface area contributed by atoms with Gasteiger partial charge in [0.1, 0.15) is 22.8 Å². The summed E-state index contributed by atoms with van der Waals surface area (Å²) in [6, 6.07) is 14.6. The molecule has 0 spiro atoms. The fraction of sp³-hybridized carbons (Fsp3) is 0.320. The number of methoxy groups -OCH3 is 2. The van der Waals surface area contributed by atoms with Crippen molar-refractivity contribution in [1.82, 2.24) is 19.8 Å². The van der Waals surface area contributed by atoms with E-state index in [2.05, 4.69) is 21.8 Å². The topological polar surface area (TPSA) is 77.0 Å². The first kappa shape index (κ1) is 22.5. The van der Waals surface area contributed by atoms with E-state index in [1.165, 1.54) is 0 Å². The lowest BCUT2D eigenvalue weighted by Gasteiger charge is -2.34. The number of rotatable bonds is 7. The number of amides is 1. The molecule has 8 heteroatoms. The highest BCUT2D eigenvalue weighted by atomic mass is 16.5. The quantitative estimate of drug-likeness (QED) is 0.545. The highest BCUT2D eigenvalue weighted by Crippen LogP contribution is 2.29. The van der Waals surface area contributed by atoms with Crippen LogP contribution in [0.4, 0.5) is 0 Å². The molecule has 172 valence electrons. The summed E-state index contributed by atoms with van der Waals surface area (Å²) in [4.78, 5) is 26.6. The number of carbonyl (C=O) groups is 1. The molecule has 1 aromatic heterocycles. The van der Waals surface area contributed by atoms with Crippen LogP contribution in [0.3, 0.4) is 0 Å². The number of piperazine rings is 1. The van der Waals surface area contributed by atoms with Gasteiger partial charge in [-0.25, -0.2) is 4.98 Å². The Morgan fingerprint density at radius 2 is 1.45 bits per heavy atom. The number of ether oxygens (including phenoxy) is 3. The number of nitrogens with zero attached hydrogens (tertiary/aromatic N) is 4. The molecule has 0 radical (unpaired) electrons. The average Bonchev–Trinajstić information content (AvgIpc) is 2.89. The van der Waals surface area contributed by atoms with Crippen LogP contribution in [0.1, 0.15) is 17.3 Å². The first-order chi connectivity index (χ1) is 16.1. The molecule has 0 unspecified atom stereocenters. The Kier molecular flexibility index (Phi) is 7.04. The van der Waals surface area contributed by atoms with E-state index in [-0.39, 0.29) is 11.8 Å². The van der Waals surface area contributed by atoms with E-state index in [9.17, 15) is 4.79 Å². The van der Waals surface area contributed by atoms with Crippen LogP contribution in [0.25, 0.3) is 11.4 Å². The molecule has 33 heavy (non-hydrogen) atoms. The maximum atomic E-state index is 13.3. The Bertz CT molecular complexity index is 1080. The van der Waals surface area contributed by atoms with Crippen molar-refractivity contribution in [2.24, 2.45) is 0 Å². The number of likely N-dealkylation sites (N-methyl/N-ethyl adjacent to an activating group) is 1. The maximum Gasteiger partial charge on any atom is 0.261 e. The average molecular weight is 449 g/mol. The number of carbonyl (C=O) groups excluding carboxylic acids is 1. The molecule has 1 aliphatic rings. The summed E-state index contributed by atoms with van der Waals surface area (Å²) < 4.78 is 16.5. The minimum atomic E-state index is -0.129.